The molecule has 0 aliphatic rings. The third-order valence-electron chi connectivity index (χ3n) is 2.85. The Balaban J connectivity index is 2.52. The van der Waals surface area contributed by atoms with Gasteiger partial charge in [0.25, 0.3) is 0 Å². The molecule has 88 valence electrons. The molecule has 2 rings (SSSR count). The number of nitrogens with zero attached hydrogens (tertiary/aromatic N) is 1. The number of rotatable bonds is 3. The van der Waals surface area contributed by atoms with Crippen LogP contribution >= 0.6 is 0 Å². The summed E-state index contributed by atoms with van der Waals surface area (Å²) in [5.74, 6) is -0.326. The van der Waals surface area contributed by atoms with Crippen LogP contribution in [0, 0.1) is 5.92 Å². The molecule has 2 aromatic rings. The Morgan fingerprint density at radius 1 is 1.29 bits per heavy atom. The molecule has 0 aliphatic carbocycles. The molecule has 0 spiro atoms. The summed E-state index contributed by atoms with van der Waals surface area (Å²) in [4.78, 5) is 16.1. The first-order valence-corrected chi connectivity index (χ1v) is 5.66. The molecule has 3 heteroatoms. The number of pyridine rings is 1. The van der Waals surface area contributed by atoms with Gasteiger partial charge in [-0.15, -0.1) is 0 Å². The first-order valence-electron chi connectivity index (χ1n) is 5.66. The van der Waals surface area contributed by atoms with Gasteiger partial charge < -0.3 is 5.11 Å². The van der Waals surface area contributed by atoms with Crippen molar-refractivity contribution in [3.8, 4) is 0 Å². The third-order valence-corrected chi connectivity index (χ3v) is 2.85. The van der Waals surface area contributed by atoms with E-state index in [1.165, 1.54) is 0 Å². The highest BCUT2D eigenvalue weighted by Crippen LogP contribution is 2.20. The van der Waals surface area contributed by atoms with E-state index in [0.717, 1.165) is 10.8 Å². The average molecular weight is 229 g/mol. The van der Waals surface area contributed by atoms with Crippen molar-refractivity contribution >= 4 is 16.6 Å². The number of carbonyl (C=O) groups is 1. The molecular weight excluding hydrogens is 214 g/mol. The Bertz CT molecular complexity index is 543. The number of fused-ring (bicyclic) bond motifs is 1. The lowest BCUT2D eigenvalue weighted by atomic mass is 9.95. The minimum Gasteiger partial charge on any atom is -0.385 e. The van der Waals surface area contributed by atoms with Crippen molar-refractivity contribution in [2.45, 2.75) is 20.0 Å². The van der Waals surface area contributed by atoms with Crippen LogP contribution in [0.1, 0.15) is 24.2 Å². The predicted molar refractivity (Wildman–Crippen MR) is 66.9 cm³/mol. The molecule has 0 radical (unpaired) electrons. The van der Waals surface area contributed by atoms with Crippen LogP contribution < -0.4 is 0 Å². The first-order chi connectivity index (χ1) is 8.11. The van der Waals surface area contributed by atoms with E-state index in [-0.39, 0.29) is 11.7 Å². The lowest BCUT2D eigenvalue weighted by molar-refractivity contribution is 0.0649. The smallest absolute Gasteiger partial charge is 0.192 e. The lowest BCUT2D eigenvalue weighted by Crippen LogP contribution is -2.26. The summed E-state index contributed by atoms with van der Waals surface area (Å²) in [6, 6.07) is 7.34. The maximum Gasteiger partial charge on any atom is 0.192 e. The van der Waals surface area contributed by atoms with Gasteiger partial charge >= 0.3 is 0 Å². The molecule has 1 N–H and O–H groups in total. The number of hydrogen-bond acceptors (Lipinski definition) is 3. The van der Waals surface area contributed by atoms with Crippen LogP contribution in [-0.2, 0) is 0 Å². The zero-order chi connectivity index (χ0) is 12.4. The van der Waals surface area contributed by atoms with E-state index in [1.807, 2.05) is 32.0 Å². The Hall–Kier alpha value is -1.74. The van der Waals surface area contributed by atoms with Crippen LogP contribution in [-0.4, -0.2) is 22.0 Å². The van der Waals surface area contributed by atoms with Crippen molar-refractivity contribution in [2.75, 3.05) is 0 Å². The van der Waals surface area contributed by atoms with Crippen molar-refractivity contribution < 1.29 is 9.90 Å². The Kier molecular flexibility index (Phi) is 3.20. The Morgan fingerprint density at radius 3 is 2.76 bits per heavy atom. The molecule has 1 unspecified atom stereocenters. The van der Waals surface area contributed by atoms with Gasteiger partial charge in [0.1, 0.15) is 6.10 Å². The molecule has 0 bridgehead atoms. The summed E-state index contributed by atoms with van der Waals surface area (Å²) in [5, 5.41) is 11.6. The number of Topliss-reactive ketones (excluding diaryl/α,β-unsaturated/α-hetero) is 1. The number of ketones is 1. The average Bonchev–Trinajstić information content (AvgIpc) is 2.36. The quantitative estimate of drug-likeness (QED) is 0.822. The lowest BCUT2D eigenvalue weighted by Gasteiger charge is -2.14. The zero-order valence-corrected chi connectivity index (χ0v) is 9.92. The van der Waals surface area contributed by atoms with Crippen LogP contribution in [0.25, 0.3) is 10.8 Å². The minimum absolute atomic E-state index is 0.0885. The van der Waals surface area contributed by atoms with Gasteiger partial charge in [-0.1, -0.05) is 32.0 Å². The van der Waals surface area contributed by atoms with Crippen molar-refractivity contribution in [2.24, 2.45) is 5.92 Å². The van der Waals surface area contributed by atoms with Gasteiger partial charge in [0.15, 0.2) is 5.78 Å². The molecule has 0 saturated carbocycles. The summed E-state index contributed by atoms with van der Waals surface area (Å²) in [6.07, 6.45) is 2.39. The molecule has 0 amide bonds. The van der Waals surface area contributed by atoms with E-state index in [4.69, 9.17) is 0 Å². The predicted octanol–water partition coefficient (Wildman–Crippen LogP) is 2.43. The van der Waals surface area contributed by atoms with E-state index in [0.29, 0.717) is 5.56 Å². The van der Waals surface area contributed by atoms with E-state index in [2.05, 4.69) is 4.98 Å². The molecular formula is C14H15NO2. The molecule has 3 nitrogen and oxygen atoms in total. The number of carbonyl (C=O) groups excluding carboxylic acids is 1. The maximum absolute atomic E-state index is 12.1. The van der Waals surface area contributed by atoms with Crippen LogP contribution in [0.5, 0.6) is 0 Å². The number of hydrogen-bond donors (Lipinski definition) is 1. The fourth-order valence-corrected chi connectivity index (χ4v) is 1.79. The van der Waals surface area contributed by atoms with Crippen molar-refractivity contribution in [1.29, 1.82) is 0 Å². The molecule has 0 aliphatic heterocycles. The van der Waals surface area contributed by atoms with Gasteiger partial charge in [-0.2, -0.15) is 0 Å². The minimum atomic E-state index is -0.958. The molecule has 1 aromatic carbocycles. The van der Waals surface area contributed by atoms with Crippen molar-refractivity contribution in [1.82, 2.24) is 4.98 Å². The highest BCUT2D eigenvalue weighted by Gasteiger charge is 2.21. The van der Waals surface area contributed by atoms with E-state index in [1.54, 1.807) is 18.5 Å². The first kappa shape index (κ1) is 11.7. The number of benzene rings is 1. The summed E-state index contributed by atoms with van der Waals surface area (Å²) >= 11 is 0. The van der Waals surface area contributed by atoms with Crippen LogP contribution in [0.2, 0.25) is 0 Å². The largest absolute Gasteiger partial charge is 0.385 e. The fraction of sp³-hybridized carbons (Fsp3) is 0.286. The highest BCUT2D eigenvalue weighted by atomic mass is 16.3. The summed E-state index contributed by atoms with van der Waals surface area (Å²) in [5.41, 5.74) is 0.539. The number of aliphatic hydroxyl groups is 1. The summed E-state index contributed by atoms with van der Waals surface area (Å²) in [7, 11) is 0. The molecule has 1 atom stereocenters. The maximum atomic E-state index is 12.1. The van der Waals surface area contributed by atoms with Gasteiger partial charge in [0, 0.05) is 23.3 Å². The molecule has 1 aromatic heterocycles. The molecule has 0 saturated heterocycles. The van der Waals surface area contributed by atoms with Gasteiger partial charge in [-0.3, -0.25) is 9.78 Å². The van der Waals surface area contributed by atoms with E-state index in [9.17, 15) is 9.90 Å². The Morgan fingerprint density at radius 2 is 2.06 bits per heavy atom. The van der Waals surface area contributed by atoms with Crippen molar-refractivity contribution in [3.05, 3.63) is 42.2 Å². The summed E-state index contributed by atoms with van der Waals surface area (Å²) in [6.45, 7) is 3.65. The molecule has 17 heavy (non-hydrogen) atoms. The van der Waals surface area contributed by atoms with Gasteiger partial charge in [-0.25, -0.2) is 0 Å². The van der Waals surface area contributed by atoms with Crippen molar-refractivity contribution in [3.63, 3.8) is 0 Å². The van der Waals surface area contributed by atoms with Gasteiger partial charge in [-0.05, 0) is 17.4 Å². The monoisotopic (exact) mass is 229 g/mol. The fourth-order valence-electron chi connectivity index (χ4n) is 1.79. The zero-order valence-electron chi connectivity index (χ0n) is 9.92. The van der Waals surface area contributed by atoms with Gasteiger partial charge in [0.2, 0.25) is 0 Å². The second kappa shape index (κ2) is 4.63. The van der Waals surface area contributed by atoms with Gasteiger partial charge in [0.05, 0.1) is 0 Å². The second-order valence-corrected chi connectivity index (χ2v) is 4.46. The third kappa shape index (κ3) is 2.19. The van der Waals surface area contributed by atoms with Crippen LogP contribution in [0.4, 0.5) is 0 Å². The summed E-state index contributed by atoms with van der Waals surface area (Å²) < 4.78 is 0. The SMILES string of the molecule is CC(C)C(O)C(=O)c1cccc2ccncc12. The van der Waals surface area contributed by atoms with Crippen LogP contribution in [0.3, 0.4) is 0 Å². The number of aliphatic hydroxyl groups excluding tert-OH is 1. The van der Waals surface area contributed by atoms with E-state index >= 15 is 0 Å². The number of aromatic nitrogens is 1. The normalized spacial score (nSPS) is 12.9. The molecule has 1 heterocycles. The Labute approximate surface area is 100 Å². The van der Waals surface area contributed by atoms with Crippen LogP contribution in [0.15, 0.2) is 36.7 Å². The second-order valence-electron chi connectivity index (χ2n) is 4.46. The standard InChI is InChI=1S/C14H15NO2/c1-9(2)13(16)14(17)11-5-3-4-10-6-7-15-8-12(10)11/h3-9,13,16H,1-2H3. The molecule has 0 fully saturated rings. The van der Waals surface area contributed by atoms with E-state index < -0.39 is 6.10 Å². The topological polar surface area (TPSA) is 50.2 Å². The highest BCUT2D eigenvalue weighted by molar-refractivity contribution is 6.09.